The number of hydrogen-bond donors (Lipinski definition) is 6. The Morgan fingerprint density at radius 2 is 0.580 bits per heavy atom. The van der Waals surface area contributed by atoms with Crippen molar-refractivity contribution in [2.45, 2.75) is 218 Å². The molecule has 88 heavy (non-hydrogen) atoms. The van der Waals surface area contributed by atoms with E-state index < -0.39 is 36.5 Å². The van der Waals surface area contributed by atoms with Crippen LogP contribution < -0.4 is 10.6 Å². The third-order valence-corrected chi connectivity index (χ3v) is 12.9. The minimum atomic E-state index is -1.15. The quantitative estimate of drug-likeness (QED) is 0.0308. The van der Waals surface area contributed by atoms with E-state index in [1.807, 2.05) is 0 Å². The van der Waals surface area contributed by atoms with Gasteiger partial charge < -0.3 is 31.1 Å². The molecule has 452 valence electrons. The first-order chi connectivity index (χ1) is 43.1. The number of aliphatic hydroxyl groups is 4. The molecule has 1 aliphatic rings. The van der Waals surface area contributed by atoms with E-state index in [4.69, 9.17) is 0 Å². The van der Waals surface area contributed by atoms with Gasteiger partial charge in [0, 0.05) is 26.2 Å². The number of hydrogen-bond acceptors (Lipinski definition) is 8. The number of nitrogens with one attached hydrogen (secondary N) is 2. The molecular formula is C78H84N4O6. The van der Waals surface area contributed by atoms with Gasteiger partial charge in [-0.15, -0.1) is 0 Å². The fourth-order valence-electron chi connectivity index (χ4n) is 8.59. The van der Waals surface area contributed by atoms with Gasteiger partial charge in [0.05, 0.1) is 12.2 Å². The second kappa shape index (κ2) is 58.2. The molecule has 10 heteroatoms. The zero-order valence-corrected chi connectivity index (χ0v) is 52.2. The van der Waals surface area contributed by atoms with Crippen LogP contribution >= 0.6 is 0 Å². The number of carbonyl (C=O) groups is 2. The van der Waals surface area contributed by atoms with Crippen LogP contribution in [-0.2, 0) is 9.59 Å². The van der Waals surface area contributed by atoms with Crippen LogP contribution in [0.1, 0.15) is 182 Å². The number of rotatable bonds is 36. The zero-order chi connectivity index (χ0) is 63.9. The molecule has 6 N–H and O–H groups in total. The van der Waals surface area contributed by atoms with Crippen LogP contribution in [0, 0.1) is 213 Å². The van der Waals surface area contributed by atoms with E-state index in [0.717, 1.165) is 44.9 Å². The number of aliphatic hydroxyl groups excluding tert-OH is 4. The van der Waals surface area contributed by atoms with Crippen molar-refractivity contribution >= 4 is 11.8 Å². The van der Waals surface area contributed by atoms with Crippen molar-refractivity contribution in [3.05, 3.63) is 0 Å². The molecule has 2 amide bonds. The van der Waals surface area contributed by atoms with Crippen molar-refractivity contribution in [3.8, 4) is 213 Å². The molecule has 6 atom stereocenters. The Morgan fingerprint density at radius 3 is 0.864 bits per heavy atom. The van der Waals surface area contributed by atoms with Gasteiger partial charge in [0.25, 0.3) is 0 Å². The van der Waals surface area contributed by atoms with Gasteiger partial charge in [0.15, 0.2) is 0 Å². The maximum atomic E-state index is 13.3. The summed E-state index contributed by atoms with van der Waals surface area (Å²) < 4.78 is 0. The lowest BCUT2D eigenvalue weighted by molar-refractivity contribution is -0.137. The predicted molar refractivity (Wildman–Crippen MR) is 354 cm³/mol. The number of nitrogens with zero attached hydrogens (tertiary/aromatic N) is 2. The van der Waals surface area contributed by atoms with Gasteiger partial charge in [-0.05, 0) is 268 Å². The van der Waals surface area contributed by atoms with Gasteiger partial charge in [0.1, 0.15) is 24.3 Å². The Kier molecular flexibility index (Phi) is 50.8. The lowest BCUT2D eigenvalue weighted by Crippen LogP contribution is -2.61. The lowest BCUT2D eigenvalue weighted by Gasteiger charge is -2.30. The number of unbranched alkanes of at least 4 members (excludes halogenated alkanes) is 16. The molecule has 1 fully saturated rings. The molecule has 0 aliphatic carbocycles. The van der Waals surface area contributed by atoms with Gasteiger partial charge in [-0.2, -0.15) is 0 Å². The summed E-state index contributed by atoms with van der Waals surface area (Å²) in [5.41, 5.74) is 0. The second-order valence-electron chi connectivity index (χ2n) is 20.3. The van der Waals surface area contributed by atoms with E-state index in [2.05, 4.69) is 243 Å². The maximum Gasteiger partial charge on any atom is 0.243 e. The summed E-state index contributed by atoms with van der Waals surface area (Å²) in [6.45, 7) is 9.98. The first kappa shape index (κ1) is 76.8. The van der Waals surface area contributed by atoms with Gasteiger partial charge in [-0.1, -0.05) is 140 Å². The highest BCUT2D eigenvalue weighted by molar-refractivity contribution is 5.96. The Morgan fingerprint density at radius 1 is 0.330 bits per heavy atom. The van der Waals surface area contributed by atoms with Crippen LogP contribution in [0.4, 0.5) is 0 Å². The van der Waals surface area contributed by atoms with Crippen LogP contribution in [0.15, 0.2) is 0 Å². The molecule has 0 spiro atoms. The molecule has 0 aromatic heterocycles. The molecule has 1 heterocycles. The van der Waals surface area contributed by atoms with Gasteiger partial charge >= 0.3 is 0 Å². The van der Waals surface area contributed by atoms with Gasteiger partial charge in [-0.25, -0.2) is 0 Å². The molecule has 0 saturated carbocycles. The molecule has 10 nitrogen and oxygen atoms in total. The van der Waals surface area contributed by atoms with Crippen molar-refractivity contribution in [1.29, 1.82) is 0 Å². The first-order valence-electron chi connectivity index (χ1n) is 30.8. The monoisotopic (exact) mass is 1170 g/mol. The molecular weight excluding hydrogens is 1090 g/mol. The fourth-order valence-corrected chi connectivity index (χ4v) is 8.59. The van der Waals surface area contributed by atoms with E-state index in [1.165, 1.54) is 77.0 Å². The summed E-state index contributed by atoms with van der Waals surface area (Å²) in [6, 6.07) is -1.36. The third-order valence-electron chi connectivity index (χ3n) is 12.9. The second-order valence-corrected chi connectivity index (χ2v) is 20.3. The molecule has 0 aromatic carbocycles. The lowest BCUT2D eigenvalue weighted by atomic mass is 10.0. The van der Waals surface area contributed by atoms with Crippen molar-refractivity contribution < 1.29 is 30.0 Å². The van der Waals surface area contributed by atoms with Gasteiger partial charge in [0.2, 0.25) is 11.8 Å². The minimum absolute atomic E-state index is 0.0413. The highest BCUT2D eigenvalue weighted by Crippen LogP contribution is 2.16. The molecule has 0 radical (unpaired) electrons. The molecule has 1 saturated heterocycles. The smallest absolute Gasteiger partial charge is 0.243 e. The summed E-state index contributed by atoms with van der Waals surface area (Å²) >= 11 is 0. The van der Waals surface area contributed by atoms with Crippen LogP contribution in [0.2, 0.25) is 0 Å². The van der Waals surface area contributed by atoms with Crippen LogP contribution in [0.5, 0.6) is 0 Å². The largest absolute Gasteiger partial charge is 0.392 e. The first-order valence-corrected chi connectivity index (χ1v) is 30.8. The van der Waals surface area contributed by atoms with Crippen LogP contribution in [0.25, 0.3) is 0 Å². The highest BCUT2D eigenvalue weighted by Gasteiger charge is 2.33. The average Bonchev–Trinajstić information content (AvgIpc) is 2.79. The Labute approximate surface area is 530 Å². The minimum Gasteiger partial charge on any atom is -0.392 e. The summed E-state index contributed by atoms with van der Waals surface area (Å²) in [4.78, 5) is 30.6. The number of amides is 2. The standard InChI is InChI=1S/C78H84N4O6/c1-5-9-13-17-21-25-27-29-31-33-35-37-39-41-45-49-53-61-73(85)69-82(70-74(86)62-54-50-46-42-40-38-36-34-32-30-28-26-22-18-14-10-6-2)66-58-56-64-76-78(88)79-75(77(87)80-76)63-55-57-65-81(67-71(83)59-51-47-43-23-19-15-11-7-3)68-72(84)60-52-48-44-24-20-16-12-8-4/h71-76,83-86H,7-8,11-12,15-16,19-20,23-24,43-44,47-48,51-52,55-60,63-70H2,1-4H3,(H,79,88)(H,80,87). The molecule has 1 rings (SSSR count). The summed E-state index contributed by atoms with van der Waals surface area (Å²) in [5, 5.41) is 49.7. The maximum absolute atomic E-state index is 13.3. The van der Waals surface area contributed by atoms with E-state index in [9.17, 15) is 30.0 Å². The topological polar surface area (TPSA) is 146 Å². The molecule has 6 unspecified atom stereocenters. The highest BCUT2D eigenvalue weighted by atomic mass is 16.3. The summed E-state index contributed by atoms with van der Waals surface area (Å²) in [5.74, 6) is 91.4. The molecule has 0 aromatic rings. The molecule has 0 bridgehead atoms. The Balaban J connectivity index is 2.93. The normalized spacial score (nSPS) is 12.8. The van der Waals surface area contributed by atoms with Crippen molar-refractivity contribution in [1.82, 2.24) is 20.4 Å². The van der Waals surface area contributed by atoms with Crippen molar-refractivity contribution in [3.63, 3.8) is 0 Å². The van der Waals surface area contributed by atoms with Gasteiger partial charge in [-0.3, -0.25) is 19.4 Å². The molecule has 1 aliphatic heterocycles. The van der Waals surface area contributed by atoms with Crippen LogP contribution in [0.3, 0.4) is 0 Å². The Hall–Kier alpha value is -9.22. The fraction of sp³-hybridized carbons (Fsp3) is 0.513. The number of piperazine rings is 1. The van der Waals surface area contributed by atoms with Crippen molar-refractivity contribution in [2.24, 2.45) is 0 Å². The average molecular weight is 1170 g/mol. The third kappa shape index (κ3) is 49.1. The van der Waals surface area contributed by atoms with Crippen LogP contribution in [-0.4, -0.2) is 118 Å². The summed E-state index contributed by atoms with van der Waals surface area (Å²) in [6.07, 6.45) is 21.0. The van der Waals surface area contributed by atoms with E-state index in [-0.39, 0.29) is 24.9 Å². The SMILES string of the molecule is CC#CC#CC#CC#CC#CC#CC#CC#CC#CC(O)CN(CCCCC1NC(=O)C(CCCCN(CC(O)CCCCCCCCCC)CC(O)CCCCCCCCCC)NC1=O)CC(O)C#CC#CC#CC#CC#CC#CC#CC#CC#CC. The number of carbonyl (C=O) groups excluding carboxylic acids is 2. The Bertz CT molecular complexity index is 3200. The van der Waals surface area contributed by atoms with E-state index in [1.54, 1.807) is 18.7 Å². The van der Waals surface area contributed by atoms with Crippen molar-refractivity contribution in [2.75, 3.05) is 39.3 Å². The van der Waals surface area contributed by atoms with E-state index >= 15 is 0 Å². The zero-order valence-electron chi connectivity index (χ0n) is 52.2. The van der Waals surface area contributed by atoms with E-state index in [0.29, 0.717) is 58.3 Å². The summed E-state index contributed by atoms with van der Waals surface area (Å²) in [7, 11) is 0. The predicted octanol–water partition coefficient (Wildman–Crippen LogP) is 6.52.